The Kier molecular flexibility index (Phi) is 6.47. The molecule has 1 atom stereocenters. The molecule has 0 bridgehead atoms. The summed E-state index contributed by atoms with van der Waals surface area (Å²) in [4.78, 5) is 0. The van der Waals surface area contributed by atoms with Gasteiger partial charge < -0.3 is 10.1 Å². The summed E-state index contributed by atoms with van der Waals surface area (Å²) < 4.78 is 19.6. The van der Waals surface area contributed by atoms with E-state index in [1.165, 1.54) is 6.07 Å². The van der Waals surface area contributed by atoms with Gasteiger partial charge in [-0.05, 0) is 43.4 Å². The maximum atomic E-state index is 14.2. The van der Waals surface area contributed by atoms with Gasteiger partial charge >= 0.3 is 0 Å². The van der Waals surface area contributed by atoms with Gasteiger partial charge in [-0.15, -0.1) is 0 Å². The first kappa shape index (κ1) is 17.0. The number of ether oxygens (including phenoxy) is 1. The number of methoxy groups -OCH3 is 1. The van der Waals surface area contributed by atoms with E-state index in [0.717, 1.165) is 25.8 Å². The van der Waals surface area contributed by atoms with Gasteiger partial charge in [-0.1, -0.05) is 33.8 Å². The summed E-state index contributed by atoms with van der Waals surface area (Å²) in [7, 11) is 1.60. The highest BCUT2D eigenvalue weighted by atomic mass is 19.1. The van der Waals surface area contributed by atoms with Gasteiger partial charge in [0.1, 0.15) is 11.6 Å². The van der Waals surface area contributed by atoms with Gasteiger partial charge in [0.15, 0.2) is 0 Å². The van der Waals surface area contributed by atoms with E-state index in [1.807, 2.05) is 6.07 Å². The molecule has 0 aliphatic heterocycles. The van der Waals surface area contributed by atoms with Crippen molar-refractivity contribution in [1.29, 1.82) is 0 Å². The molecule has 1 N–H and O–H groups in total. The third-order valence-electron chi connectivity index (χ3n) is 3.41. The van der Waals surface area contributed by atoms with Gasteiger partial charge in [0.05, 0.1) is 7.11 Å². The van der Waals surface area contributed by atoms with Crippen LogP contribution in [-0.4, -0.2) is 13.7 Å². The quantitative estimate of drug-likeness (QED) is 0.782. The molecule has 0 heterocycles. The molecule has 114 valence electrons. The lowest BCUT2D eigenvalue weighted by molar-refractivity contribution is 0.321. The van der Waals surface area contributed by atoms with Crippen LogP contribution in [0.1, 0.15) is 58.6 Å². The van der Waals surface area contributed by atoms with Crippen molar-refractivity contribution in [3.8, 4) is 5.75 Å². The fourth-order valence-corrected chi connectivity index (χ4v) is 2.28. The van der Waals surface area contributed by atoms with Crippen molar-refractivity contribution in [3.63, 3.8) is 0 Å². The van der Waals surface area contributed by atoms with Crippen LogP contribution in [0, 0.1) is 11.2 Å². The highest BCUT2D eigenvalue weighted by molar-refractivity contribution is 5.37. The van der Waals surface area contributed by atoms with E-state index in [9.17, 15) is 4.39 Å². The molecule has 0 aliphatic carbocycles. The smallest absolute Gasteiger partial charge is 0.131 e. The second-order valence-electron chi connectivity index (χ2n) is 6.46. The van der Waals surface area contributed by atoms with E-state index in [4.69, 9.17) is 4.74 Å². The van der Waals surface area contributed by atoms with Crippen LogP contribution in [-0.2, 0) is 0 Å². The largest absolute Gasteiger partial charge is 0.496 e. The molecule has 1 rings (SSSR count). The summed E-state index contributed by atoms with van der Waals surface area (Å²) in [5.74, 6) is 0.444. The van der Waals surface area contributed by atoms with Gasteiger partial charge in [-0.2, -0.15) is 0 Å². The molecule has 0 radical (unpaired) electrons. The Morgan fingerprint density at radius 1 is 1.30 bits per heavy atom. The van der Waals surface area contributed by atoms with Crippen LogP contribution in [0.25, 0.3) is 0 Å². The number of nitrogens with one attached hydrogen (secondary N) is 1. The summed E-state index contributed by atoms with van der Waals surface area (Å²) >= 11 is 0. The lowest BCUT2D eigenvalue weighted by atomic mass is 9.87. The standard InChI is InChI=1S/C17H28FNO/c1-6-12-19-14(10-11-17(2,3)4)16-13(18)8-7-9-15(16)20-5/h7-9,14,19H,6,10-12H2,1-5H3. The lowest BCUT2D eigenvalue weighted by Crippen LogP contribution is -2.25. The summed E-state index contributed by atoms with van der Waals surface area (Å²) in [6.07, 6.45) is 2.97. The van der Waals surface area contributed by atoms with E-state index < -0.39 is 0 Å². The van der Waals surface area contributed by atoms with Gasteiger partial charge in [-0.3, -0.25) is 0 Å². The molecular formula is C17H28FNO. The Morgan fingerprint density at radius 3 is 2.55 bits per heavy atom. The van der Waals surface area contributed by atoms with Gasteiger partial charge in [-0.25, -0.2) is 4.39 Å². The van der Waals surface area contributed by atoms with Crippen molar-refractivity contribution in [3.05, 3.63) is 29.6 Å². The van der Waals surface area contributed by atoms with Crippen molar-refractivity contribution in [2.24, 2.45) is 5.41 Å². The molecule has 1 unspecified atom stereocenters. The Hall–Kier alpha value is -1.09. The van der Waals surface area contributed by atoms with Gasteiger partial charge in [0, 0.05) is 11.6 Å². The highest BCUT2D eigenvalue weighted by Crippen LogP contribution is 2.33. The number of benzene rings is 1. The molecule has 0 saturated carbocycles. The summed E-state index contributed by atoms with van der Waals surface area (Å²) in [6.45, 7) is 9.63. The van der Waals surface area contributed by atoms with Gasteiger partial charge in [0.25, 0.3) is 0 Å². The lowest BCUT2D eigenvalue weighted by Gasteiger charge is -2.26. The molecular weight excluding hydrogens is 253 g/mol. The summed E-state index contributed by atoms with van der Waals surface area (Å²) in [6, 6.07) is 5.04. The van der Waals surface area contributed by atoms with Crippen molar-refractivity contribution in [1.82, 2.24) is 5.32 Å². The van der Waals surface area contributed by atoms with E-state index in [-0.39, 0.29) is 17.3 Å². The topological polar surface area (TPSA) is 21.3 Å². The monoisotopic (exact) mass is 281 g/mol. The number of hydrogen-bond donors (Lipinski definition) is 1. The average molecular weight is 281 g/mol. The van der Waals surface area contributed by atoms with E-state index in [0.29, 0.717) is 11.3 Å². The minimum atomic E-state index is -0.188. The molecule has 0 amide bonds. The van der Waals surface area contributed by atoms with Crippen LogP contribution in [0.4, 0.5) is 4.39 Å². The third-order valence-corrected chi connectivity index (χ3v) is 3.41. The van der Waals surface area contributed by atoms with E-state index >= 15 is 0 Å². The first-order valence-electron chi connectivity index (χ1n) is 7.45. The molecule has 0 spiro atoms. The number of halogens is 1. The molecule has 0 aromatic heterocycles. The molecule has 2 nitrogen and oxygen atoms in total. The zero-order valence-electron chi connectivity index (χ0n) is 13.4. The minimum absolute atomic E-state index is 0.00493. The predicted molar refractivity (Wildman–Crippen MR) is 82.7 cm³/mol. The molecule has 3 heteroatoms. The normalized spacial score (nSPS) is 13.3. The molecule has 1 aromatic rings. The van der Waals surface area contributed by atoms with Crippen molar-refractivity contribution < 1.29 is 9.13 Å². The van der Waals surface area contributed by atoms with Crippen molar-refractivity contribution in [2.75, 3.05) is 13.7 Å². The molecule has 0 aliphatic rings. The van der Waals surface area contributed by atoms with Crippen LogP contribution in [0.3, 0.4) is 0 Å². The van der Waals surface area contributed by atoms with Gasteiger partial charge in [0.2, 0.25) is 0 Å². The second-order valence-corrected chi connectivity index (χ2v) is 6.46. The van der Waals surface area contributed by atoms with E-state index in [1.54, 1.807) is 13.2 Å². The van der Waals surface area contributed by atoms with Crippen LogP contribution >= 0.6 is 0 Å². The minimum Gasteiger partial charge on any atom is -0.496 e. The Bertz CT molecular complexity index is 412. The highest BCUT2D eigenvalue weighted by Gasteiger charge is 2.22. The summed E-state index contributed by atoms with van der Waals surface area (Å²) in [5, 5.41) is 3.45. The number of rotatable bonds is 7. The second kappa shape index (κ2) is 7.63. The van der Waals surface area contributed by atoms with Crippen molar-refractivity contribution >= 4 is 0 Å². The maximum absolute atomic E-state index is 14.2. The Morgan fingerprint density at radius 2 is 2.00 bits per heavy atom. The first-order chi connectivity index (χ1) is 9.39. The van der Waals surface area contributed by atoms with E-state index in [2.05, 4.69) is 33.0 Å². The number of hydrogen-bond acceptors (Lipinski definition) is 2. The average Bonchev–Trinajstić information content (AvgIpc) is 2.38. The molecule has 0 fully saturated rings. The Balaban J connectivity index is 2.97. The molecule has 0 saturated heterocycles. The Labute approximate surface area is 122 Å². The molecule has 1 aromatic carbocycles. The third kappa shape index (κ3) is 5.12. The van der Waals surface area contributed by atoms with Crippen LogP contribution < -0.4 is 10.1 Å². The van der Waals surface area contributed by atoms with Crippen LogP contribution in [0.15, 0.2) is 18.2 Å². The predicted octanol–water partition coefficient (Wildman–Crippen LogP) is 4.70. The SMILES string of the molecule is CCCNC(CCC(C)(C)C)c1c(F)cccc1OC. The van der Waals surface area contributed by atoms with Crippen LogP contribution in [0.5, 0.6) is 5.75 Å². The fourth-order valence-electron chi connectivity index (χ4n) is 2.28. The zero-order chi connectivity index (χ0) is 15.2. The van der Waals surface area contributed by atoms with Crippen molar-refractivity contribution in [2.45, 2.75) is 53.0 Å². The zero-order valence-corrected chi connectivity index (χ0v) is 13.4. The fraction of sp³-hybridized carbons (Fsp3) is 0.647. The summed E-state index contributed by atoms with van der Waals surface area (Å²) in [5.41, 5.74) is 0.901. The van der Waals surface area contributed by atoms with Crippen LogP contribution in [0.2, 0.25) is 0 Å². The first-order valence-corrected chi connectivity index (χ1v) is 7.45. The molecule has 20 heavy (non-hydrogen) atoms. The maximum Gasteiger partial charge on any atom is 0.131 e.